The summed E-state index contributed by atoms with van der Waals surface area (Å²) in [5, 5.41) is 13.5. The molecule has 2 heterocycles. The van der Waals surface area contributed by atoms with Crippen LogP contribution in [0.25, 0.3) is 11.4 Å². The van der Waals surface area contributed by atoms with Gasteiger partial charge in [0.15, 0.2) is 0 Å². The second-order valence-corrected chi connectivity index (χ2v) is 8.21. The number of nitrogens with zero attached hydrogens (tertiary/aromatic N) is 3. The lowest BCUT2D eigenvalue weighted by molar-refractivity contribution is 0.0696. The largest absolute Gasteiger partial charge is 0.478 e. The number of benzene rings is 2. The van der Waals surface area contributed by atoms with Crippen LogP contribution in [-0.4, -0.2) is 39.2 Å². The lowest BCUT2D eigenvalue weighted by Crippen LogP contribution is -2.32. The highest BCUT2D eigenvalue weighted by atomic mass is 16.5. The average molecular weight is 389 g/mol. The van der Waals surface area contributed by atoms with Gasteiger partial charge in [-0.15, -0.1) is 0 Å². The van der Waals surface area contributed by atoms with Gasteiger partial charge in [-0.3, -0.25) is 4.90 Å². The van der Waals surface area contributed by atoms with E-state index in [2.05, 4.69) is 10.1 Å². The zero-order valence-electron chi connectivity index (χ0n) is 16.1. The summed E-state index contributed by atoms with van der Waals surface area (Å²) in [4.78, 5) is 18.5. The Kier molecular flexibility index (Phi) is 4.43. The molecule has 1 aliphatic heterocycles. The summed E-state index contributed by atoms with van der Waals surface area (Å²) >= 11 is 0. The van der Waals surface area contributed by atoms with E-state index in [1.54, 1.807) is 12.1 Å². The monoisotopic (exact) mass is 389 g/mol. The molecular weight excluding hydrogens is 366 g/mol. The van der Waals surface area contributed by atoms with Crippen molar-refractivity contribution in [1.29, 1.82) is 0 Å². The molecule has 3 aromatic rings. The van der Waals surface area contributed by atoms with Crippen molar-refractivity contribution in [3.05, 3.63) is 71.6 Å². The van der Waals surface area contributed by atoms with Crippen molar-refractivity contribution in [2.75, 3.05) is 13.1 Å². The van der Waals surface area contributed by atoms with Crippen molar-refractivity contribution in [1.82, 2.24) is 15.0 Å². The summed E-state index contributed by atoms with van der Waals surface area (Å²) < 4.78 is 5.79. The first-order valence-corrected chi connectivity index (χ1v) is 10.1. The molecule has 0 bridgehead atoms. The molecule has 1 aliphatic carbocycles. The third kappa shape index (κ3) is 3.23. The number of likely N-dealkylation sites (tertiary alicyclic amines) is 1. The van der Waals surface area contributed by atoms with Crippen molar-refractivity contribution < 1.29 is 14.4 Å². The van der Waals surface area contributed by atoms with Crippen molar-refractivity contribution in [2.45, 2.75) is 31.2 Å². The number of aromatic nitrogens is 2. The molecule has 1 aromatic heterocycles. The highest BCUT2D eigenvalue weighted by Crippen LogP contribution is 2.50. The van der Waals surface area contributed by atoms with E-state index in [0.717, 1.165) is 49.5 Å². The maximum Gasteiger partial charge on any atom is 0.335 e. The number of aromatic carboxylic acids is 1. The zero-order valence-corrected chi connectivity index (χ0v) is 16.1. The maximum absolute atomic E-state index is 11.3. The molecule has 0 unspecified atom stereocenters. The van der Waals surface area contributed by atoms with E-state index in [9.17, 15) is 9.90 Å². The number of carboxylic acids is 1. The molecule has 0 amide bonds. The fraction of sp³-hybridized carbons (Fsp3) is 0.348. The predicted molar refractivity (Wildman–Crippen MR) is 107 cm³/mol. The lowest BCUT2D eigenvalue weighted by atomic mass is 9.80. The third-order valence-corrected chi connectivity index (χ3v) is 6.41. The minimum Gasteiger partial charge on any atom is -0.478 e. The molecule has 5 rings (SSSR count). The molecule has 2 fully saturated rings. The Hall–Kier alpha value is -2.99. The van der Waals surface area contributed by atoms with Gasteiger partial charge in [0.25, 0.3) is 0 Å². The Morgan fingerprint density at radius 3 is 2.90 bits per heavy atom. The van der Waals surface area contributed by atoms with E-state index in [1.165, 1.54) is 6.42 Å². The Labute approximate surface area is 169 Å². The number of fused-ring (bicyclic) bond motifs is 1. The summed E-state index contributed by atoms with van der Waals surface area (Å²) in [5.74, 6) is 1.00. The molecule has 2 aromatic carbocycles. The second kappa shape index (κ2) is 7.12. The van der Waals surface area contributed by atoms with Gasteiger partial charge < -0.3 is 9.63 Å². The smallest absolute Gasteiger partial charge is 0.335 e. The quantitative estimate of drug-likeness (QED) is 0.711. The lowest BCUT2D eigenvalue weighted by Gasteiger charge is -2.24. The van der Waals surface area contributed by atoms with E-state index in [4.69, 9.17) is 9.51 Å². The van der Waals surface area contributed by atoms with E-state index in [-0.39, 0.29) is 5.41 Å². The molecule has 0 spiro atoms. The van der Waals surface area contributed by atoms with Crippen LogP contribution in [0.15, 0.2) is 59.1 Å². The van der Waals surface area contributed by atoms with Crippen LogP contribution in [0.2, 0.25) is 0 Å². The SMILES string of the molecule is O=C(O)c1cccc(CN2C[C@H]3CCC[C@@]3(c3nc(-c4ccccc4)no3)C2)c1. The van der Waals surface area contributed by atoms with Crippen molar-refractivity contribution in [3.8, 4) is 11.4 Å². The second-order valence-electron chi connectivity index (χ2n) is 8.21. The predicted octanol–water partition coefficient (Wildman–Crippen LogP) is 3.99. The molecular formula is C23H23N3O3. The Bertz CT molecular complexity index is 1030. The number of carbonyl (C=O) groups is 1. The summed E-state index contributed by atoms with van der Waals surface area (Å²) in [6.07, 6.45) is 3.39. The van der Waals surface area contributed by atoms with Crippen LogP contribution in [-0.2, 0) is 12.0 Å². The number of carboxylic acid groups (broad SMARTS) is 1. The van der Waals surface area contributed by atoms with Crippen LogP contribution in [0, 0.1) is 5.92 Å². The average Bonchev–Trinajstić information content (AvgIpc) is 3.43. The first-order chi connectivity index (χ1) is 14.1. The molecule has 148 valence electrons. The van der Waals surface area contributed by atoms with Gasteiger partial charge in [-0.25, -0.2) is 4.79 Å². The van der Waals surface area contributed by atoms with Gasteiger partial charge in [0.05, 0.1) is 11.0 Å². The van der Waals surface area contributed by atoms with Crippen LogP contribution in [0.1, 0.15) is 41.1 Å². The van der Waals surface area contributed by atoms with Gasteiger partial charge in [0, 0.05) is 25.2 Å². The number of hydrogen-bond acceptors (Lipinski definition) is 5. The molecule has 6 nitrogen and oxygen atoms in total. The van der Waals surface area contributed by atoms with Crippen LogP contribution in [0.5, 0.6) is 0 Å². The van der Waals surface area contributed by atoms with Crippen molar-refractivity contribution in [2.24, 2.45) is 5.92 Å². The molecule has 1 saturated carbocycles. The van der Waals surface area contributed by atoms with E-state index in [0.29, 0.717) is 17.3 Å². The molecule has 0 radical (unpaired) electrons. The van der Waals surface area contributed by atoms with Gasteiger partial charge in [-0.05, 0) is 36.5 Å². The van der Waals surface area contributed by atoms with Gasteiger partial charge in [-0.2, -0.15) is 4.98 Å². The van der Waals surface area contributed by atoms with Gasteiger partial charge in [-0.1, -0.05) is 54.0 Å². The third-order valence-electron chi connectivity index (χ3n) is 6.41. The topological polar surface area (TPSA) is 79.5 Å². The van der Waals surface area contributed by atoms with Gasteiger partial charge in [0.2, 0.25) is 11.7 Å². The molecule has 1 N–H and O–H groups in total. The minimum absolute atomic E-state index is 0.0928. The Balaban J connectivity index is 1.38. The maximum atomic E-state index is 11.3. The summed E-state index contributed by atoms with van der Waals surface area (Å²) in [5.41, 5.74) is 2.23. The van der Waals surface area contributed by atoms with E-state index >= 15 is 0 Å². The highest BCUT2D eigenvalue weighted by Gasteiger charge is 2.54. The first kappa shape index (κ1) is 18.1. The van der Waals surface area contributed by atoms with Gasteiger partial charge >= 0.3 is 5.97 Å². The minimum atomic E-state index is -0.888. The Morgan fingerprint density at radius 1 is 1.21 bits per heavy atom. The fourth-order valence-corrected chi connectivity index (χ4v) is 5.05. The zero-order chi connectivity index (χ0) is 19.8. The molecule has 1 saturated heterocycles. The number of rotatable bonds is 5. The summed E-state index contributed by atoms with van der Waals surface area (Å²) in [7, 11) is 0. The molecule has 2 atom stereocenters. The van der Waals surface area contributed by atoms with Crippen LogP contribution >= 0.6 is 0 Å². The van der Waals surface area contributed by atoms with Gasteiger partial charge in [0.1, 0.15) is 0 Å². The summed E-state index contributed by atoms with van der Waals surface area (Å²) in [6.45, 7) is 2.57. The molecule has 29 heavy (non-hydrogen) atoms. The van der Waals surface area contributed by atoms with Crippen LogP contribution in [0.4, 0.5) is 0 Å². The fourth-order valence-electron chi connectivity index (χ4n) is 5.05. The standard InChI is InChI=1S/C23H23N3O3/c27-21(28)18-9-4-6-16(12-18)13-26-14-19-10-5-11-23(19,15-26)22-24-20(25-29-22)17-7-2-1-3-8-17/h1-4,6-9,12,19H,5,10-11,13-15H2,(H,27,28)/t19-,23-/m1/s1. The van der Waals surface area contributed by atoms with Crippen molar-refractivity contribution >= 4 is 5.97 Å². The van der Waals surface area contributed by atoms with Crippen LogP contribution in [0.3, 0.4) is 0 Å². The van der Waals surface area contributed by atoms with E-state index in [1.807, 2.05) is 42.5 Å². The van der Waals surface area contributed by atoms with Crippen molar-refractivity contribution in [3.63, 3.8) is 0 Å². The molecule has 6 heteroatoms. The molecule has 2 aliphatic rings. The first-order valence-electron chi connectivity index (χ1n) is 10.1. The van der Waals surface area contributed by atoms with E-state index < -0.39 is 5.97 Å². The Morgan fingerprint density at radius 2 is 2.07 bits per heavy atom. The summed E-state index contributed by atoms with van der Waals surface area (Å²) in [6, 6.07) is 17.1. The highest BCUT2D eigenvalue weighted by molar-refractivity contribution is 5.87. The number of hydrogen-bond donors (Lipinski definition) is 1. The normalized spacial score (nSPS) is 23.9. The van der Waals surface area contributed by atoms with Crippen LogP contribution < -0.4 is 0 Å².